The molecule has 0 spiro atoms. The van der Waals surface area contributed by atoms with E-state index in [1.807, 2.05) is 19.9 Å². The van der Waals surface area contributed by atoms with E-state index in [4.69, 9.17) is 27.9 Å². The van der Waals surface area contributed by atoms with Crippen LogP contribution in [0.5, 0.6) is 5.88 Å². The van der Waals surface area contributed by atoms with Crippen molar-refractivity contribution in [2.45, 2.75) is 20.3 Å². The van der Waals surface area contributed by atoms with Gasteiger partial charge in [0.15, 0.2) is 0 Å². The number of pyridine rings is 1. The summed E-state index contributed by atoms with van der Waals surface area (Å²) >= 11 is 12.1. The lowest BCUT2D eigenvalue weighted by molar-refractivity contribution is -0.117. The van der Waals surface area contributed by atoms with Crippen LogP contribution < -0.4 is 9.64 Å². The maximum Gasteiger partial charge on any atom is 0.237 e. The van der Waals surface area contributed by atoms with E-state index in [1.54, 1.807) is 47.1 Å². The van der Waals surface area contributed by atoms with Crippen LogP contribution >= 0.6 is 23.2 Å². The van der Waals surface area contributed by atoms with Crippen LogP contribution in [0.2, 0.25) is 10.0 Å². The molecule has 0 bridgehead atoms. The summed E-state index contributed by atoms with van der Waals surface area (Å²) in [5.74, 6) is 0.310. The predicted octanol–water partition coefficient (Wildman–Crippen LogP) is 4.41. The van der Waals surface area contributed by atoms with Gasteiger partial charge in [0.25, 0.3) is 0 Å². The molecule has 1 aromatic carbocycles. The van der Waals surface area contributed by atoms with Gasteiger partial charge in [-0.15, -0.1) is 0 Å². The molecule has 0 aliphatic heterocycles. The summed E-state index contributed by atoms with van der Waals surface area (Å²) in [6.07, 6.45) is 1.82. The summed E-state index contributed by atoms with van der Waals surface area (Å²) in [4.78, 5) is 18.6. The number of likely N-dealkylation sites (N-methyl/N-ethyl adjacent to an activating group) is 1. The SMILES string of the molecule is COc1ncccc1N(C)C(=O)Cc1c(C)nn(-c2ccc(Cl)c(Cl)c2)c1C. The van der Waals surface area contributed by atoms with Gasteiger partial charge in [0, 0.05) is 24.5 Å². The van der Waals surface area contributed by atoms with Crippen LogP contribution in [-0.2, 0) is 11.2 Å². The number of hydrogen-bond donors (Lipinski definition) is 0. The molecule has 0 N–H and O–H groups in total. The van der Waals surface area contributed by atoms with Gasteiger partial charge in [-0.1, -0.05) is 23.2 Å². The van der Waals surface area contributed by atoms with Crippen molar-refractivity contribution in [3.8, 4) is 11.6 Å². The minimum atomic E-state index is -0.0915. The molecule has 28 heavy (non-hydrogen) atoms. The van der Waals surface area contributed by atoms with Crippen LogP contribution in [0.15, 0.2) is 36.5 Å². The molecule has 0 aliphatic rings. The largest absolute Gasteiger partial charge is 0.480 e. The van der Waals surface area contributed by atoms with Crippen LogP contribution in [0.3, 0.4) is 0 Å². The molecule has 0 radical (unpaired) electrons. The number of carbonyl (C=O) groups is 1. The number of methoxy groups -OCH3 is 1. The third-order valence-electron chi connectivity index (χ3n) is 4.60. The van der Waals surface area contributed by atoms with Gasteiger partial charge in [-0.05, 0) is 44.2 Å². The molecule has 146 valence electrons. The van der Waals surface area contributed by atoms with Crippen molar-refractivity contribution in [2.75, 3.05) is 19.1 Å². The van der Waals surface area contributed by atoms with E-state index < -0.39 is 0 Å². The van der Waals surface area contributed by atoms with E-state index in [9.17, 15) is 4.79 Å². The number of ether oxygens (including phenoxy) is 1. The summed E-state index contributed by atoms with van der Waals surface area (Å²) in [6, 6.07) is 8.87. The average molecular weight is 419 g/mol. The highest BCUT2D eigenvalue weighted by Crippen LogP contribution is 2.28. The Bertz CT molecular complexity index is 1030. The Labute approximate surface area is 173 Å². The molecule has 1 amide bonds. The maximum atomic E-state index is 12.9. The first-order valence-electron chi connectivity index (χ1n) is 8.59. The Morgan fingerprint density at radius 3 is 2.64 bits per heavy atom. The lowest BCUT2D eigenvalue weighted by Crippen LogP contribution is -2.28. The zero-order valence-electron chi connectivity index (χ0n) is 16.0. The first kappa shape index (κ1) is 20.2. The average Bonchev–Trinajstić information content (AvgIpc) is 2.97. The summed E-state index contributed by atoms with van der Waals surface area (Å²) in [6.45, 7) is 3.81. The summed E-state index contributed by atoms with van der Waals surface area (Å²) < 4.78 is 7.02. The topological polar surface area (TPSA) is 60.2 Å². The summed E-state index contributed by atoms with van der Waals surface area (Å²) in [5.41, 5.74) is 3.92. The molecule has 8 heteroatoms. The van der Waals surface area contributed by atoms with Gasteiger partial charge in [-0.2, -0.15) is 5.10 Å². The van der Waals surface area contributed by atoms with Crippen LogP contribution in [0.4, 0.5) is 5.69 Å². The number of rotatable bonds is 5. The molecular formula is C20H20Cl2N4O2. The number of nitrogens with zero attached hydrogens (tertiary/aromatic N) is 4. The molecule has 6 nitrogen and oxygen atoms in total. The molecular weight excluding hydrogens is 399 g/mol. The molecule has 0 saturated heterocycles. The van der Waals surface area contributed by atoms with Crippen molar-refractivity contribution in [1.82, 2.24) is 14.8 Å². The molecule has 0 aliphatic carbocycles. The minimum Gasteiger partial charge on any atom is -0.480 e. The minimum absolute atomic E-state index is 0.0915. The highest BCUT2D eigenvalue weighted by atomic mass is 35.5. The van der Waals surface area contributed by atoms with E-state index in [-0.39, 0.29) is 12.3 Å². The third kappa shape index (κ3) is 3.84. The van der Waals surface area contributed by atoms with Gasteiger partial charge in [-0.25, -0.2) is 9.67 Å². The van der Waals surface area contributed by atoms with Crippen LogP contribution in [0.25, 0.3) is 5.69 Å². The van der Waals surface area contributed by atoms with Gasteiger partial charge in [0.1, 0.15) is 5.69 Å². The van der Waals surface area contributed by atoms with Crippen molar-refractivity contribution in [2.24, 2.45) is 0 Å². The number of amides is 1. The number of hydrogen-bond acceptors (Lipinski definition) is 4. The smallest absolute Gasteiger partial charge is 0.237 e. The zero-order valence-corrected chi connectivity index (χ0v) is 17.5. The van der Waals surface area contributed by atoms with Crippen LogP contribution in [0, 0.1) is 13.8 Å². The van der Waals surface area contributed by atoms with Gasteiger partial charge < -0.3 is 9.64 Å². The summed E-state index contributed by atoms with van der Waals surface area (Å²) in [7, 11) is 3.23. The van der Waals surface area contributed by atoms with Gasteiger partial charge >= 0.3 is 0 Å². The lowest BCUT2D eigenvalue weighted by Gasteiger charge is -2.19. The molecule has 3 rings (SSSR count). The zero-order chi connectivity index (χ0) is 20.4. The second kappa shape index (κ2) is 8.20. The lowest BCUT2D eigenvalue weighted by atomic mass is 10.1. The van der Waals surface area contributed by atoms with E-state index in [0.717, 1.165) is 22.6 Å². The quantitative estimate of drug-likeness (QED) is 0.615. The molecule has 0 atom stereocenters. The second-order valence-electron chi connectivity index (χ2n) is 6.32. The second-order valence-corrected chi connectivity index (χ2v) is 7.14. The fraction of sp³-hybridized carbons (Fsp3) is 0.250. The number of aryl methyl sites for hydroxylation is 1. The van der Waals surface area contributed by atoms with Crippen molar-refractivity contribution in [3.05, 3.63) is 63.5 Å². The van der Waals surface area contributed by atoms with E-state index in [1.165, 1.54) is 7.11 Å². The number of anilines is 1. The van der Waals surface area contributed by atoms with Crippen molar-refractivity contribution < 1.29 is 9.53 Å². The monoisotopic (exact) mass is 418 g/mol. The summed E-state index contributed by atoms with van der Waals surface area (Å²) in [5, 5.41) is 5.51. The highest BCUT2D eigenvalue weighted by molar-refractivity contribution is 6.42. The van der Waals surface area contributed by atoms with Crippen molar-refractivity contribution >= 4 is 34.8 Å². The van der Waals surface area contributed by atoms with E-state index in [2.05, 4.69) is 10.1 Å². The van der Waals surface area contributed by atoms with Crippen LogP contribution in [-0.4, -0.2) is 34.8 Å². The third-order valence-corrected chi connectivity index (χ3v) is 5.34. The van der Waals surface area contributed by atoms with E-state index >= 15 is 0 Å². The number of carbonyl (C=O) groups excluding carboxylic acids is 1. The number of aromatic nitrogens is 3. The molecule has 0 fully saturated rings. The molecule has 2 heterocycles. The molecule has 2 aromatic heterocycles. The molecule has 0 unspecified atom stereocenters. The fourth-order valence-electron chi connectivity index (χ4n) is 3.00. The van der Waals surface area contributed by atoms with E-state index in [0.29, 0.717) is 21.6 Å². The van der Waals surface area contributed by atoms with Crippen molar-refractivity contribution in [3.63, 3.8) is 0 Å². The van der Waals surface area contributed by atoms with Crippen molar-refractivity contribution in [1.29, 1.82) is 0 Å². The highest BCUT2D eigenvalue weighted by Gasteiger charge is 2.21. The standard InChI is InChI=1S/C20H20Cl2N4O2/c1-12-15(11-19(27)25(3)18-6-5-9-23-20(18)28-4)13(2)26(24-12)14-7-8-16(21)17(22)10-14/h5-10H,11H2,1-4H3. The van der Waals surface area contributed by atoms with Gasteiger partial charge in [-0.3, -0.25) is 4.79 Å². The van der Waals surface area contributed by atoms with Crippen LogP contribution in [0.1, 0.15) is 17.0 Å². The Balaban J connectivity index is 1.89. The fourth-order valence-corrected chi connectivity index (χ4v) is 3.29. The van der Waals surface area contributed by atoms with Gasteiger partial charge in [0.05, 0.1) is 35.0 Å². The normalized spacial score (nSPS) is 10.8. The first-order chi connectivity index (χ1) is 13.3. The predicted molar refractivity (Wildman–Crippen MR) is 111 cm³/mol. The maximum absolute atomic E-state index is 12.9. The Morgan fingerprint density at radius 2 is 1.96 bits per heavy atom. The molecule has 3 aromatic rings. The van der Waals surface area contributed by atoms with Gasteiger partial charge in [0.2, 0.25) is 11.8 Å². The Morgan fingerprint density at radius 1 is 1.21 bits per heavy atom. The number of benzene rings is 1. The number of halogens is 2. The molecule has 0 saturated carbocycles. The Kier molecular flexibility index (Phi) is 5.91. The Hall–Kier alpha value is -2.57. The first-order valence-corrected chi connectivity index (χ1v) is 9.35.